The van der Waals surface area contributed by atoms with Crippen molar-refractivity contribution in [3.63, 3.8) is 0 Å². The molecule has 2 aliphatic rings. The molecule has 0 aliphatic carbocycles. The average molecular weight is 268 g/mol. The third-order valence-electron chi connectivity index (χ3n) is 3.35. The lowest BCUT2D eigenvalue weighted by Crippen LogP contribution is -2.52. The first-order valence-corrected chi connectivity index (χ1v) is 6.32. The van der Waals surface area contributed by atoms with E-state index < -0.39 is 0 Å². The molecular weight excluding hydrogens is 254 g/mol. The van der Waals surface area contributed by atoms with Gasteiger partial charge in [-0.05, 0) is 6.92 Å². The number of carbonyl (C=O) groups excluding carboxylic acids is 1. The summed E-state index contributed by atoms with van der Waals surface area (Å²) in [5.41, 5.74) is 0. The molecule has 0 aromatic carbocycles. The van der Waals surface area contributed by atoms with Crippen LogP contribution < -0.4 is 10.2 Å². The molecule has 1 aromatic rings. The lowest BCUT2D eigenvalue weighted by Gasteiger charge is -2.37. The van der Waals surface area contributed by atoms with E-state index in [-0.39, 0.29) is 12.1 Å². The lowest BCUT2D eigenvalue weighted by molar-refractivity contribution is 0.197. The standard InChI is InChI=1S/C11H14ClN5O/c1-7-14-9(12)4-10(15-7)16-2-3-17-8(6-16)5-13-11(17)18/h4,8H,2-3,5-6H2,1H3,(H,13,18). The molecular formula is C11H14ClN5O. The summed E-state index contributed by atoms with van der Waals surface area (Å²) in [6, 6.07) is 2.03. The lowest BCUT2D eigenvalue weighted by atomic mass is 10.2. The Bertz CT molecular complexity index is 474. The minimum Gasteiger partial charge on any atom is -0.353 e. The molecule has 2 fully saturated rings. The van der Waals surface area contributed by atoms with Gasteiger partial charge in [-0.15, -0.1) is 0 Å². The van der Waals surface area contributed by atoms with Crippen molar-refractivity contribution in [2.75, 3.05) is 31.1 Å². The molecule has 1 aromatic heterocycles. The number of aromatic nitrogens is 2. The van der Waals surface area contributed by atoms with Crippen LogP contribution in [0.2, 0.25) is 5.15 Å². The number of urea groups is 1. The van der Waals surface area contributed by atoms with Gasteiger partial charge in [0.1, 0.15) is 16.8 Å². The zero-order valence-electron chi connectivity index (χ0n) is 10.1. The fraction of sp³-hybridized carbons (Fsp3) is 0.545. The van der Waals surface area contributed by atoms with E-state index >= 15 is 0 Å². The second kappa shape index (κ2) is 4.28. The van der Waals surface area contributed by atoms with Crippen molar-refractivity contribution >= 4 is 23.4 Å². The zero-order chi connectivity index (χ0) is 12.7. The van der Waals surface area contributed by atoms with Gasteiger partial charge >= 0.3 is 6.03 Å². The topological polar surface area (TPSA) is 61.4 Å². The summed E-state index contributed by atoms with van der Waals surface area (Å²) in [6.07, 6.45) is 0. The fourth-order valence-electron chi connectivity index (χ4n) is 2.49. The van der Waals surface area contributed by atoms with Crippen LogP contribution in [0.1, 0.15) is 5.82 Å². The quantitative estimate of drug-likeness (QED) is 0.759. The maximum atomic E-state index is 11.5. The molecule has 2 amide bonds. The van der Waals surface area contributed by atoms with Crippen molar-refractivity contribution in [1.29, 1.82) is 0 Å². The number of rotatable bonds is 1. The van der Waals surface area contributed by atoms with Gasteiger partial charge in [0.05, 0.1) is 6.04 Å². The summed E-state index contributed by atoms with van der Waals surface area (Å²) >= 11 is 5.95. The van der Waals surface area contributed by atoms with Gasteiger partial charge in [0.2, 0.25) is 0 Å². The Morgan fingerprint density at radius 3 is 3.06 bits per heavy atom. The SMILES string of the molecule is Cc1nc(Cl)cc(N2CCN3C(=O)NCC3C2)n1. The molecule has 7 heteroatoms. The van der Waals surface area contributed by atoms with Gasteiger partial charge in [0, 0.05) is 32.2 Å². The maximum absolute atomic E-state index is 11.5. The number of amides is 2. The number of halogens is 1. The summed E-state index contributed by atoms with van der Waals surface area (Å²) in [5.74, 6) is 1.51. The summed E-state index contributed by atoms with van der Waals surface area (Å²) in [4.78, 5) is 24.0. The van der Waals surface area contributed by atoms with E-state index in [0.717, 1.165) is 25.5 Å². The molecule has 3 rings (SSSR count). The van der Waals surface area contributed by atoms with Gasteiger partial charge in [-0.25, -0.2) is 14.8 Å². The van der Waals surface area contributed by atoms with E-state index in [0.29, 0.717) is 17.5 Å². The first-order valence-electron chi connectivity index (χ1n) is 5.94. The Labute approximate surface area is 110 Å². The number of nitrogens with zero attached hydrogens (tertiary/aromatic N) is 4. The molecule has 18 heavy (non-hydrogen) atoms. The molecule has 0 bridgehead atoms. The molecule has 6 nitrogen and oxygen atoms in total. The maximum Gasteiger partial charge on any atom is 0.317 e. The summed E-state index contributed by atoms with van der Waals surface area (Å²) in [6.45, 7) is 4.80. The van der Waals surface area contributed by atoms with E-state index in [4.69, 9.17) is 11.6 Å². The Balaban J connectivity index is 1.80. The predicted molar refractivity (Wildman–Crippen MR) is 67.9 cm³/mol. The van der Waals surface area contributed by atoms with E-state index in [1.54, 1.807) is 6.07 Å². The monoisotopic (exact) mass is 267 g/mol. The van der Waals surface area contributed by atoms with Crippen molar-refractivity contribution in [1.82, 2.24) is 20.2 Å². The molecule has 0 radical (unpaired) electrons. The molecule has 2 aliphatic heterocycles. The Morgan fingerprint density at radius 2 is 2.28 bits per heavy atom. The number of aryl methyl sites for hydroxylation is 1. The molecule has 1 atom stereocenters. The van der Waals surface area contributed by atoms with E-state index in [1.807, 2.05) is 11.8 Å². The molecule has 3 heterocycles. The van der Waals surface area contributed by atoms with Crippen molar-refractivity contribution in [2.24, 2.45) is 0 Å². The number of hydrogen-bond donors (Lipinski definition) is 1. The fourth-order valence-corrected chi connectivity index (χ4v) is 2.71. The van der Waals surface area contributed by atoms with Crippen molar-refractivity contribution in [3.8, 4) is 0 Å². The zero-order valence-corrected chi connectivity index (χ0v) is 10.8. The van der Waals surface area contributed by atoms with Crippen LogP contribution in [0, 0.1) is 6.92 Å². The normalized spacial score (nSPS) is 23.0. The van der Waals surface area contributed by atoms with Crippen LogP contribution in [0.5, 0.6) is 0 Å². The molecule has 1 unspecified atom stereocenters. The molecule has 1 N–H and O–H groups in total. The highest BCUT2D eigenvalue weighted by molar-refractivity contribution is 6.29. The van der Waals surface area contributed by atoms with Gasteiger partial charge in [-0.3, -0.25) is 0 Å². The van der Waals surface area contributed by atoms with E-state index in [1.165, 1.54) is 0 Å². The average Bonchev–Trinajstić information content (AvgIpc) is 2.69. The second-order valence-corrected chi connectivity index (χ2v) is 4.96. The highest BCUT2D eigenvalue weighted by Gasteiger charge is 2.35. The summed E-state index contributed by atoms with van der Waals surface area (Å²) < 4.78 is 0. The highest BCUT2D eigenvalue weighted by atomic mass is 35.5. The Morgan fingerprint density at radius 1 is 1.44 bits per heavy atom. The highest BCUT2D eigenvalue weighted by Crippen LogP contribution is 2.21. The van der Waals surface area contributed by atoms with Crippen LogP contribution in [0.15, 0.2) is 6.07 Å². The number of nitrogens with one attached hydrogen (secondary N) is 1. The second-order valence-electron chi connectivity index (χ2n) is 4.58. The van der Waals surface area contributed by atoms with Crippen molar-refractivity contribution in [3.05, 3.63) is 17.0 Å². The number of fused-ring (bicyclic) bond motifs is 1. The van der Waals surface area contributed by atoms with Gasteiger partial charge in [0.15, 0.2) is 0 Å². The smallest absolute Gasteiger partial charge is 0.317 e. The Kier molecular flexibility index (Phi) is 2.74. The number of piperazine rings is 1. The van der Waals surface area contributed by atoms with Crippen molar-refractivity contribution in [2.45, 2.75) is 13.0 Å². The van der Waals surface area contributed by atoms with Crippen LogP contribution >= 0.6 is 11.6 Å². The van der Waals surface area contributed by atoms with Crippen LogP contribution in [0.25, 0.3) is 0 Å². The van der Waals surface area contributed by atoms with Crippen LogP contribution in [-0.2, 0) is 0 Å². The first kappa shape index (κ1) is 11.5. The van der Waals surface area contributed by atoms with Crippen LogP contribution in [0.3, 0.4) is 0 Å². The van der Waals surface area contributed by atoms with Gasteiger partial charge in [-0.1, -0.05) is 11.6 Å². The molecule has 0 spiro atoms. The third kappa shape index (κ3) is 1.96. The van der Waals surface area contributed by atoms with Crippen LogP contribution in [-0.4, -0.2) is 53.1 Å². The minimum atomic E-state index is 0.0385. The third-order valence-corrected chi connectivity index (χ3v) is 3.54. The van der Waals surface area contributed by atoms with E-state index in [2.05, 4.69) is 20.2 Å². The van der Waals surface area contributed by atoms with Crippen molar-refractivity contribution < 1.29 is 4.79 Å². The number of anilines is 1. The molecule has 0 saturated carbocycles. The minimum absolute atomic E-state index is 0.0385. The van der Waals surface area contributed by atoms with E-state index in [9.17, 15) is 4.79 Å². The van der Waals surface area contributed by atoms with Gasteiger partial charge < -0.3 is 15.1 Å². The first-order chi connectivity index (χ1) is 8.63. The largest absolute Gasteiger partial charge is 0.353 e. The Hall–Kier alpha value is -1.56. The predicted octanol–water partition coefficient (Wildman–Crippen LogP) is 0.652. The molecule has 2 saturated heterocycles. The summed E-state index contributed by atoms with van der Waals surface area (Å²) in [7, 11) is 0. The number of carbonyl (C=O) groups is 1. The van der Waals surface area contributed by atoms with Gasteiger partial charge in [-0.2, -0.15) is 0 Å². The van der Waals surface area contributed by atoms with Gasteiger partial charge in [0.25, 0.3) is 0 Å². The summed E-state index contributed by atoms with van der Waals surface area (Å²) in [5, 5.41) is 3.32. The number of hydrogen-bond acceptors (Lipinski definition) is 4. The molecule has 96 valence electrons. The van der Waals surface area contributed by atoms with Crippen LogP contribution in [0.4, 0.5) is 10.6 Å².